The second-order valence-corrected chi connectivity index (χ2v) is 11.5. The van der Waals surface area contributed by atoms with Crippen molar-refractivity contribution in [3.8, 4) is 0 Å². The molecule has 0 spiro atoms. The number of hydrogen-bond acceptors (Lipinski definition) is 8. The number of piperazine rings is 1. The largest absolute Gasteiger partial charge is 0.382 e. The minimum absolute atomic E-state index is 0.373. The van der Waals surface area contributed by atoms with Crippen molar-refractivity contribution >= 4 is 40.0 Å². The number of anilines is 3. The Kier molecular flexibility index (Phi) is 8.03. The number of aromatic amines is 1. The van der Waals surface area contributed by atoms with E-state index in [0.717, 1.165) is 79.8 Å². The van der Waals surface area contributed by atoms with Crippen LogP contribution in [0.2, 0.25) is 0 Å². The lowest BCUT2D eigenvalue weighted by Gasteiger charge is -2.34. The van der Waals surface area contributed by atoms with Crippen molar-refractivity contribution in [1.29, 1.82) is 0 Å². The molecule has 0 saturated carbocycles. The van der Waals surface area contributed by atoms with Gasteiger partial charge in [0.25, 0.3) is 0 Å². The van der Waals surface area contributed by atoms with Crippen molar-refractivity contribution in [2.24, 2.45) is 0 Å². The molecular formula is C29H33F2N7OS. The number of rotatable bonds is 8. The lowest BCUT2D eigenvalue weighted by atomic mass is 10.1. The Hall–Kier alpha value is -3.41. The van der Waals surface area contributed by atoms with Crippen molar-refractivity contribution in [2.75, 3.05) is 62.0 Å². The summed E-state index contributed by atoms with van der Waals surface area (Å²) in [5, 5.41) is 15.5. The van der Waals surface area contributed by atoms with Crippen LogP contribution in [0.25, 0.3) is 11.0 Å². The van der Waals surface area contributed by atoms with Gasteiger partial charge in [0.2, 0.25) is 0 Å². The first-order valence-electron chi connectivity index (χ1n) is 13.6. The van der Waals surface area contributed by atoms with Gasteiger partial charge in [-0.05, 0) is 55.8 Å². The molecule has 0 radical (unpaired) electrons. The molecule has 4 heterocycles. The van der Waals surface area contributed by atoms with Gasteiger partial charge in [-0.1, -0.05) is 17.8 Å². The van der Waals surface area contributed by atoms with E-state index in [-0.39, 0.29) is 0 Å². The van der Waals surface area contributed by atoms with E-state index in [1.165, 1.54) is 29.6 Å². The van der Waals surface area contributed by atoms with Crippen LogP contribution in [0.5, 0.6) is 0 Å². The Morgan fingerprint density at radius 3 is 2.55 bits per heavy atom. The average Bonchev–Trinajstić information content (AvgIpc) is 3.35. The molecule has 2 aromatic heterocycles. The van der Waals surface area contributed by atoms with Crippen LogP contribution in [0.4, 0.5) is 26.0 Å². The monoisotopic (exact) mass is 565 g/mol. The smallest absolute Gasteiger partial charge is 0.157 e. The number of nitrogens with zero attached hydrogens (tertiary/aromatic N) is 4. The molecule has 6 rings (SSSR count). The van der Waals surface area contributed by atoms with E-state index in [2.05, 4.69) is 60.9 Å². The molecule has 3 N–H and O–H groups in total. The van der Waals surface area contributed by atoms with Crippen molar-refractivity contribution in [2.45, 2.75) is 35.2 Å². The van der Waals surface area contributed by atoms with E-state index < -0.39 is 11.6 Å². The van der Waals surface area contributed by atoms with Crippen LogP contribution in [0.1, 0.15) is 18.4 Å². The number of H-pyrrole nitrogens is 1. The highest BCUT2D eigenvalue weighted by molar-refractivity contribution is 7.99. The molecule has 0 unspecified atom stereocenters. The van der Waals surface area contributed by atoms with Crippen molar-refractivity contribution in [1.82, 2.24) is 20.1 Å². The van der Waals surface area contributed by atoms with Crippen LogP contribution >= 0.6 is 11.8 Å². The Bertz CT molecular complexity index is 1450. The molecular weight excluding hydrogens is 532 g/mol. The van der Waals surface area contributed by atoms with E-state index >= 15 is 0 Å². The van der Waals surface area contributed by atoms with Crippen LogP contribution in [-0.2, 0) is 11.3 Å². The van der Waals surface area contributed by atoms with Gasteiger partial charge in [-0.2, -0.15) is 5.10 Å². The summed E-state index contributed by atoms with van der Waals surface area (Å²) in [7, 11) is 2.17. The highest BCUT2D eigenvalue weighted by Crippen LogP contribution is 2.32. The van der Waals surface area contributed by atoms with E-state index in [9.17, 15) is 8.78 Å². The van der Waals surface area contributed by atoms with Gasteiger partial charge in [-0.25, -0.2) is 13.8 Å². The number of halogens is 2. The lowest BCUT2D eigenvalue weighted by Crippen LogP contribution is -2.44. The zero-order chi connectivity index (χ0) is 27.5. The topological polar surface area (TPSA) is 81.3 Å². The minimum Gasteiger partial charge on any atom is -0.382 e. The normalized spacial score (nSPS) is 16.9. The van der Waals surface area contributed by atoms with Crippen molar-refractivity contribution in [3.63, 3.8) is 0 Å². The van der Waals surface area contributed by atoms with Gasteiger partial charge in [0, 0.05) is 85.4 Å². The Morgan fingerprint density at radius 1 is 1.00 bits per heavy atom. The first-order chi connectivity index (χ1) is 19.5. The van der Waals surface area contributed by atoms with E-state index in [1.807, 2.05) is 6.07 Å². The molecule has 11 heteroatoms. The molecule has 40 heavy (non-hydrogen) atoms. The third-order valence-electron chi connectivity index (χ3n) is 7.45. The maximum atomic E-state index is 13.7. The van der Waals surface area contributed by atoms with E-state index in [4.69, 9.17) is 4.74 Å². The number of benzene rings is 2. The predicted molar refractivity (Wildman–Crippen MR) is 155 cm³/mol. The SMILES string of the molecule is CN1CCN(c2ccc(CNc3n[nH]c4ncc(Sc5cc(F)cc(F)c5)cc34)c(NC3CCOCC3)c2)CC1. The molecule has 4 aromatic rings. The number of pyridine rings is 1. The zero-order valence-corrected chi connectivity index (χ0v) is 23.2. The molecule has 0 bridgehead atoms. The van der Waals surface area contributed by atoms with E-state index in [1.54, 1.807) is 6.20 Å². The lowest BCUT2D eigenvalue weighted by molar-refractivity contribution is 0.0904. The Labute approximate surface area is 236 Å². The minimum atomic E-state index is -0.606. The number of nitrogens with one attached hydrogen (secondary N) is 3. The average molecular weight is 566 g/mol. The van der Waals surface area contributed by atoms with Crippen LogP contribution in [0, 0.1) is 11.6 Å². The van der Waals surface area contributed by atoms with Gasteiger partial charge in [-0.15, -0.1) is 0 Å². The zero-order valence-electron chi connectivity index (χ0n) is 22.4. The van der Waals surface area contributed by atoms with Gasteiger partial charge in [0.15, 0.2) is 11.5 Å². The molecule has 0 atom stereocenters. The fourth-order valence-corrected chi connectivity index (χ4v) is 6.05. The Balaban J connectivity index is 1.21. The maximum Gasteiger partial charge on any atom is 0.157 e. The van der Waals surface area contributed by atoms with Gasteiger partial charge in [0.1, 0.15) is 11.6 Å². The number of aromatic nitrogens is 3. The molecule has 2 aliphatic heterocycles. The molecule has 210 valence electrons. The maximum absolute atomic E-state index is 13.7. The number of fused-ring (bicyclic) bond motifs is 1. The summed E-state index contributed by atoms with van der Waals surface area (Å²) in [5.74, 6) is -0.535. The highest BCUT2D eigenvalue weighted by Gasteiger charge is 2.19. The van der Waals surface area contributed by atoms with Gasteiger partial charge in [-0.3, -0.25) is 5.10 Å². The van der Waals surface area contributed by atoms with Crippen LogP contribution < -0.4 is 15.5 Å². The molecule has 8 nitrogen and oxygen atoms in total. The number of ether oxygens (including phenoxy) is 1. The number of likely N-dealkylation sites (N-methyl/N-ethyl adjacent to an activating group) is 1. The van der Waals surface area contributed by atoms with Crippen LogP contribution in [-0.4, -0.2) is 72.6 Å². The summed E-state index contributed by atoms with van der Waals surface area (Å²) in [5.41, 5.74) is 4.15. The summed E-state index contributed by atoms with van der Waals surface area (Å²) < 4.78 is 32.9. The summed E-state index contributed by atoms with van der Waals surface area (Å²) in [6.45, 7) is 6.26. The fourth-order valence-electron chi connectivity index (χ4n) is 5.15. The standard InChI is InChI=1S/C29H33F2N7OS/c1-37-6-8-38(9-7-37)23-3-2-19(27(15-23)34-22-4-10-39-11-5-22)17-32-28-26-16-25(18-33-29(26)36-35-28)40-24-13-20(30)12-21(31)14-24/h2-3,12-16,18,22,34H,4-11,17H2,1H3,(H2,32,33,35,36). The molecule has 0 aliphatic carbocycles. The Morgan fingerprint density at radius 2 is 1.77 bits per heavy atom. The molecule has 2 fully saturated rings. The third-order valence-corrected chi connectivity index (χ3v) is 8.38. The summed E-state index contributed by atoms with van der Waals surface area (Å²) in [6.07, 6.45) is 3.64. The van der Waals surface area contributed by atoms with Crippen molar-refractivity contribution in [3.05, 3.63) is 65.9 Å². The van der Waals surface area contributed by atoms with Crippen LogP contribution in [0.3, 0.4) is 0 Å². The van der Waals surface area contributed by atoms with Gasteiger partial charge < -0.3 is 25.2 Å². The second kappa shape index (κ2) is 12.0. The quantitative estimate of drug-likeness (QED) is 0.264. The van der Waals surface area contributed by atoms with E-state index in [0.29, 0.717) is 28.9 Å². The number of hydrogen-bond donors (Lipinski definition) is 3. The predicted octanol–water partition coefficient (Wildman–Crippen LogP) is 5.34. The molecule has 2 aromatic carbocycles. The fraction of sp³-hybridized carbons (Fsp3) is 0.379. The highest BCUT2D eigenvalue weighted by atomic mass is 32.2. The third kappa shape index (κ3) is 6.32. The van der Waals surface area contributed by atoms with Gasteiger partial charge in [0.05, 0.1) is 5.39 Å². The first kappa shape index (κ1) is 26.8. The van der Waals surface area contributed by atoms with Crippen LogP contribution in [0.15, 0.2) is 58.5 Å². The molecule has 2 aliphatic rings. The summed E-state index contributed by atoms with van der Waals surface area (Å²) in [4.78, 5) is 10.5. The first-order valence-corrected chi connectivity index (χ1v) is 14.4. The molecule has 2 saturated heterocycles. The van der Waals surface area contributed by atoms with Crippen molar-refractivity contribution < 1.29 is 13.5 Å². The second-order valence-electron chi connectivity index (χ2n) is 10.4. The summed E-state index contributed by atoms with van der Waals surface area (Å²) in [6, 6.07) is 12.5. The summed E-state index contributed by atoms with van der Waals surface area (Å²) >= 11 is 1.25. The molecule has 0 amide bonds. The van der Waals surface area contributed by atoms with Gasteiger partial charge >= 0.3 is 0 Å².